The maximum Gasteiger partial charge on any atom is 0.163 e. The van der Waals surface area contributed by atoms with Crippen LogP contribution in [0, 0.1) is 6.92 Å². The highest BCUT2D eigenvalue weighted by Crippen LogP contribution is 2.42. The topological polar surface area (TPSA) is 44.5 Å². The van der Waals surface area contributed by atoms with Crippen molar-refractivity contribution in [1.82, 2.24) is 0 Å². The van der Waals surface area contributed by atoms with Gasteiger partial charge in [-0.15, -0.1) is 11.3 Å². The highest BCUT2D eigenvalue weighted by atomic mass is 35.5. The molecule has 0 saturated carbocycles. The van der Waals surface area contributed by atoms with Crippen LogP contribution in [-0.4, -0.2) is 13.2 Å². The highest BCUT2D eigenvalue weighted by molar-refractivity contribution is 7.19. The first-order chi connectivity index (χ1) is 9.15. The van der Waals surface area contributed by atoms with E-state index in [1.165, 1.54) is 11.3 Å². The van der Waals surface area contributed by atoms with E-state index in [9.17, 15) is 0 Å². The molecule has 5 heteroatoms. The zero-order chi connectivity index (χ0) is 13.4. The molecule has 2 heterocycles. The number of hydrogen-bond donors (Lipinski definition) is 1. The van der Waals surface area contributed by atoms with Crippen LogP contribution in [0.3, 0.4) is 0 Å². The Morgan fingerprint density at radius 2 is 1.84 bits per heavy atom. The summed E-state index contributed by atoms with van der Waals surface area (Å²) in [5, 5.41) is 0. The van der Waals surface area contributed by atoms with Crippen molar-refractivity contribution in [3.63, 3.8) is 0 Å². The molecule has 0 aliphatic carbocycles. The number of benzene rings is 1. The summed E-state index contributed by atoms with van der Waals surface area (Å²) in [7, 11) is 0. The van der Waals surface area contributed by atoms with Gasteiger partial charge in [-0.25, -0.2) is 0 Å². The van der Waals surface area contributed by atoms with E-state index < -0.39 is 0 Å². The second-order valence-corrected chi connectivity index (χ2v) is 6.16. The maximum atomic E-state index is 6.12. The van der Waals surface area contributed by atoms with Gasteiger partial charge in [0, 0.05) is 28.6 Å². The first-order valence-electron chi connectivity index (χ1n) is 6.10. The molecule has 0 saturated heterocycles. The fourth-order valence-electron chi connectivity index (χ4n) is 2.03. The number of anilines is 1. The molecule has 100 valence electrons. The lowest BCUT2D eigenvalue weighted by molar-refractivity contribution is 0.297. The van der Waals surface area contributed by atoms with Crippen LogP contribution in [0.4, 0.5) is 5.69 Å². The van der Waals surface area contributed by atoms with Gasteiger partial charge in [-0.05, 0) is 24.6 Å². The van der Waals surface area contributed by atoms with E-state index in [0.717, 1.165) is 38.3 Å². The number of nitrogen functional groups attached to an aromatic ring is 1. The molecule has 1 aliphatic rings. The van der Waals surface area contributed by atoms with Gasteiger partial charge < -0.3 is 15.2 Å². The predicted molar refractivity (Wildman–Crippen MR) is 79.5 cm³/mol. The van der Waals surface area contributed by atoms with Crippen molar-refractivity contribution >= 4 is 28.6 Å². The number of nitrogens with two attached hydrogens (primary N) is 1. The molecular weight excluding hydrogens is 282 g/mol. The number of aryl methyl sites for hydroxylation is 1. The smallest absolute Gasteiger partial charge is 0.163 e. The Kier molecular flexibility index (Phi) is 3.29. The lowest BCUT2D eigenvalue weighted by Gasteiger charge is -2.11. The summed E-state index contributed by atoms with van der Waals surface area (Å²) in [4.78, 5) is 1.05. The Bertz CT molecular complexity index is 605. The molecule has 1 aromatic carbocycles. The third kappa shape index (κ3) is 2.38. The molecule has 0 radical (unpaired) electrons. The summed E-state index contributed by atoms with van der Waals surface area (Å²) in [5.41, 5.74) is 8.81. The van der Waals surface area contributed by atoms with E-state index in [2.05, 4.69) is 0 Å². The molecule has 2 aromatic rings. The molecule has 0 atom stereocenters. The van der Waals surface area contributed by atoms with Gasteiger partial charge in [0.2, 0.25) is 0 Å². The number of halogens is 1. The number of fused-ring (bicyclic) bond motifs is 1. The minimum absolute atomic E-state index is 0.662. The van der Waals surface area contributed by atoms with Crippen LogP contribution in [-0.2, 0) is 0 Å². The molecule has 1 aliphatic heterocycles. The molecule has 3 rings (SSSR count). The molecule has 3 nitrogen and oxygen atoms in total. The second-order valence-electron chi connectivity index (χ2n) is 4.50. The van der Waals surface area contributed by atoms with Crippen molar-refractivity contribution < 1.29 is 9.47 Å². The summed E-state index contributed by atoms with van der Waals surface area (Å²) in [6.45, 7) is 3.32. The van der Waals surface area contributed by atoms with E-state index in [0.29, 0.717) is 18.9 Å². The summed E-state index contributed by atoms with van der Waals surface area (Å²) in [5.74, 6) is 1.47. The Morgan fingerprint density at radius 3 is 2.47 bits per heavy atom. The van der Waals surface area contributed by atoms with Gasteiger partial charge in [0.05, 0.1) is 17.6 Å². The van der Waals surface area contributed by atoms with Crippen LogP contribution >= 0.6 is 22.9 Å². The molecule has 0 unspecified atom stereocenters. The fraction of sp³-hybridized carbons (Fsp3) is 0.286. The fourth-order valence-corrected chi connectivity index (χ4v) is 3.27. The SMILES string of the molecule is Cc1cc(-c2cc3c(cc2N)OCCCO3)sc1Cl. The van der Waals surface area contributed by atoms with Crippen LogP contribution in [0.25, 0.3) is 10.4 Å². The highest BCUT2D eigenvalue weighted by Gasteiger charge is 2.16. The lowest BCUT2D eigenvalue weighted by atomic mass is 10.1. The third-order valence-corrected chi connectivity index (χ3v) is 4.63. The van der Waals surface area contributed by atoms with Crippen LogP contribution in [0.1, 0.15) is 12.0 Å². The Morgan fingerprint density at radius 1 is 1.16 bits per heavy atom. The molecule has 0 bridgehead atoms. The van der Waals surface area contributed by atoms with E-state index in [4.69, 9.17) is 26.8 Å². The van der Waals surface area contributed by atoms with Gasteiger partial charge in [-0.3, -0.25) is 0 Å². The molecule has 0 spiro atoms. The van der Waals surface area contributed by atoms with Gasteiger partial charge in [0.25, 0.3) is 0 Å². The van der Waals surface area contributed by atoms with E-state index in [1.807, 2.05) is 25.1 Å². The molecule has 0 fully saturated rings. The van der Waals surface area contributed by atoms with Crippen molar-refractivity contribution in [2.75, 3.05) is 18.9 Å². The Balaban J connectivity index is 2.09. The molecule has 19 heavy (non-hydrogen) atoms. The average molecular weight is 296 g/mol. The summed E-state index contributed by atoms with van der Waals surface area (Å²) in [6, 6.07) is 5.82. The number of thiophene rings is 1. The maximum absolute atomic E-state index is 6.12. The minimum atomic E-state index is 0.662. The van der Waals surface area contributed by atoms with Gasteiger partial charge in [-0.1, -0.05) is 11.6 Å². The van der Waals surface area contributed by atoms with Crippen LogP contribution in [0.5, 0.6) is 11.5 Å². The van der Waals surface area contributed by atoms with E-state index >= 15 is 0 Å². The zero-order valence-corrected chi connectivity index (χ0v) is 12.1. The van der Waals surface area contributed by atoms with Gasteiger partial charge in [-0.2, -0.15) is 0 Å². The first kappa shape index (κ1) is 12.6. The lowest BCUT2D eigenvalue weighted by Crippen LogP contribution is -1.97. The average Bonchev–Trinajstić information content (AvgIpc) is 2.60. The van der Waals surface area contributed by atoms with E-state index in [1.54, 1.807) is 0 Å². The van der Waals surface area contributed by atoms with Gasteiger partial charge >= 0.3 is 0 Å². The molecule has 2 N–H and O–H groups in total. The van der Waals surface area contributed by atoms with Crippen LogP contribution < -0.4 is 15.2 Å². The molecule has 1 aromatic heterocycles. The van der Waals surface area contributed by atoms with Gasteiger partial charge in [0.1, 0.15) is 0 Å². The summed E-state index contributed by atoms with van der Waals surface area (Å²) < 4.78 is 12.1. The minimum Gasteiger partial charge on any atom is -0.490 e. The summed E-state index contributed by atoms with van der Waals surface area (Å²) in [6.07, 6.45) is 0.883. The largest absolute Gasteiger partial charge is 0.490 e. The van der Waals surface area contributed by atoms with Crippen molar-refractivity contribution in [2.24, 2.45) is 0 Å². The van der Waals surface area contributed by atoms with Crippen molar-refractivity contribution in [1.29, 1.82) is 0 Å². The number of hydrogen-bond acceptors (Lipinski definition) is 4. The second kappa shape index (κ2) is 4.94. The van der Waals surface area contributed by atoms with E-state index in [-0.39, 0.29) is 0 Å². The first-order valence-corrected chi connectivity index (χ1v) is 7.30. The normalized spacial score (nSPS) is 14.2. The summed E-state index contributed by atoms with van der Waals surface area (Å²) >= 11 is 7.65. The monoisotopic (exact) mass is 295 g/mol. The van der Waals surface area contributed by atoms with Crippen LogP contribution in [0.15, 0.2) is 18.2 Å². The number of rotatable bonds is 1. The third-order valence-electron chi connectivity index (χ3n) is 3.04. The molecular formula is C14H14ClNO2S. The van der Waals surface area contributed by atoms with Crippen molar-refractivity contribution in [3.05, 3.63) is 28.1 Å². The van der Waals surface area contributed by atoms with Crippen molar-refractivity contribution in [3.8, 4) is 21.9 Å². The number of ether oxygens (including phenoxy) is 2. The Labute approximate surface area is 120 Å². The quantitative estimate of drug-likeness (QED) is 0.805. The predicted octanol–water partition coefficient (Wildman–Crippen LogP) is 4.12. The van der Waals surface area contributed by atoms with Crippen molar-refractivity contribution in [2.45, 2.75) is 13.3 Å². The molecule has 0 amide bonds. The Hall–Kier alpha value is -1.39. The van der Waals surface area contributed by atoms with Crippen LogP contribution in [0.2, 0.25) is 4.34 Å². The zero-order valence-electron chi connectivity index (χ0n) is 10.5. The standard InChI is InChI=1S/C14H14ClNO2S/c1-8-5-13(19-14(8)15)9-6-11-12(7-10(9)16)18-4-2-3-17-11/h5-7H,2-4,16H2,1H3. The van der Waals surface area contributed by atoms with Gasteiger partial charge in [0.15, 0.2) is 11.5 Å².